The Labute approximate surface area is 145 Å². The van der Waals surface area contributed by atoms with Gasteiger partial charge in [0, 0.05) is 11.5 Å². The molecule has 0 radical (unpaired) electrons. The second-order valence-electron chi connectivity index (χ2n) is 6.75. The van der Waals surface area contributed by atoms with Crippen molar-refractivity contribution in [3.8, 4) is 0 Å². The molecule has 126 valence electrons. The van der Waals surface area contributed by atoms with Crippen molar-refractivity contribution >= 4 is 17.3 Å². The number of ketones is 1. The van der Waals surface area contributed by atoms with E-state index in [4.69, 9.17) is 0 Å². The van der Waals surface area contributed by atoms with Crippen LogP contribution in [0.3, 0.4) is 0 Å². The molecule has 0 amide bonds. The van der Waals surface area contributed by atoms with Crippen LogP contribution in [0.2, 0.25) is 0 Å². The highest BCUT2D eigenvalue weighted by molar-refractivity contribution is 5.99. The minimum absolute atomic E-state index is 0.0217. The molecule has 0 N–H and O–H groups in total. The Morgan fingerprint density at radius 1 is 1.24 bits per heavy atom. The molecule has 0 saturated carbocycles. The van der Waals surface area contributed by atoms with Crippen LogP contribution < -0.4 is 4.90 Å². The molecule has 1 saturated heterocycles. The zero-order chi connectivity index (χ0) is 17.6. The van der Waals surface area contributed by atoms with Crippen molar-refractivity contribution in [2.24, 2.45) is 0 Å². The summed E-state index contributed by atoms with van der Waals surface area (Å²) in [5.74, 6) is 0.647. The first-order valence-electron chi connectivity index (χ1n) is 8.17. The molecule has 2 aliphatic heterocycles. The number of aromatic nitrogens is 1. The van der Waals surface area contributed by atoms with Crippen LogP contribution in [0.4, 0.5) is 11.5 Å². The highest BCUT2D eigenvalue weighted by atomic mass is 16.6. The molecule has 4 rings (SSSR count). The summed E-state index contributed by atoms with van der Waals surface area (Å²) in [5, 5.41) is 10.9. The van der Waals surface area contributed by atoms with Crippen LogP contribution >= 0.6 is 0 Å². The number of hydrogen-bond acceptors (Lipinski definition) is 5. The standard InChI is InChI=1S/C19H17N3O3/c1-19(13-5-3-2-4-6-13)11-15-16(23)8-9-17(19)21(15)18-10-7-14(12-20-18)22(24)25/h2-10,12,15,17H,11H2,1H3/t15?,17?,19-/m0/s1. The summed E-state index contributed by atoms with van der Waals surface area (Å²) >= 11 is 0. The lowest BCUT2D eigenvalue weighted by Crippen LogP contribution is -2.46. The van der Waals surface area contributed by atoms with Gasteiger partial charge in [0.1, 0.15) is 12.0 Å². The quantitative estimate of drug-likeness (QED) is 0.636. The van der Waals surface area contributed by atoms with Crippen LogP contribution in [-0.4, -0.2) is 27.8 Å². The average molecular weight is 335 g/mol. The molecular weight excluding hydrogens is 318 g/mol. The topological polar surface area (TPSA) is 76.3 Å². The van der Waals surface area contributed by atoms with Crippen LogP contribution in [0.25, 0.3) is 0 Å². The van der Waals surface area contributed by atoms with Crippen molar-refractivity contribution in [2.75, 3.05) is 4.90 Å². The van der Waals surface area contributed by atoms with Gasteiger partial charge in [0.15, 0.2) is 5.78 Å². The van der Waals surface area contributed by atoms with Crippen LogP contribution in [0.5, 0.6) is 0 Å². The monoisotopic (exact) mass is 335 g/mol. The van der Waals surface area contributed by atoms with Gasteiger partial charge in [0.2, 0.25) is 0 Å². The lowest BCUT2D eigenvalue weighted by atomic mass is 9.76. The predicted molar refractivity (Wildman–Crippen MR) is 93.5 cm³/mol. The van der Waals surface area contributed by atoms with Gasteiger partial charge in [0.25, 0.3) is 5.69 Å². The molecule has 0 aliphatic carbocycles. The Morgan fingerprint density at radius 3 is 2.64 bits per heavy atom. The molecule has 6 nitrogen and oxygen atoms in total. The Hall–Kier alpha value is -3.02. The second-order valence-corrected chi connectivity index (χ2v) is 6.75. The highest BCUT2D eigenvalue weighted by Crippen LogP contribution is 2.47. The van der Waals surface area contributed by atoms with Crippen LogP contribution in [0.15, 0.2) is 60.8 Å². The minimum atomic E-state index is -0.471. The maximum atomic E-state index is 12.5. The van der Waals surface area contributed by atoms with Crippen molar-refractivity contribution in [1.29, 1.82) is 0 Å². The van der Waals surface area contributed by atoms with Gasteiger partial charge in [0.05, 0.1) is 17.0 Å². The lowest BCUT2D eigenvalue weighted by Gasteiger charge is -2.36. The number of fused-ring (bicyclic) bond motifs is 2. The molecule has 1 fully saturated rings. The van der Waals surface area contributed by atoms with Gasteiger partial charge < -0.3 is 4.90 Å². The fourth-order valence-corrected chi connectivity index (χ4v) is 4.01. The number of anilines is 1. The molecule has 3 atom stereocenters. The molecule has 25 heavy (non-hydrogen) atoms. The molecule has 2 aliphatic rings. The Bertz CT molecular complexity index is 863. The molecular formula is C19H17N3O3. The number of benzene rings is 1. The van der Waals surface area contributed by atoms with E-state index in [-0.39, 0.29) is 29.0 Å². The molecule has 2 unspecified atom stereocenters. The summed E-state index contributed by atoms with van der Waals surface area (Å²) in [7, 11) is 0. The van der Waals surface area contributed by atoms with Crippen LogP contribution in [-0.2, 0) is 10.2 Å². The Kier molecular flexibility index (Phi) is 3.42. The lowest BCUT2D eigenvalue weighted by molar-refractivity contribution is -0.385. The van der Waals surface area contributed by atoms with Gasteiger partial charge in [-0.25, -0.2) is 4.98 Å². The molecule has 1 aromatic heterocycles. The van der Waals surface area contributed by atoms with E-state index < -0.39 is 4.92 Å². The number of nitrogens with zero attached hydrogens (tertiary/aromatic N) is 3. The van der Waals surface area contributed by atoms with Crippen LogP contribution in [0.1, 0.15) is 18.9 Å². The van der Waals surface area contributed by atoms with Gasteiger partial charge >= 0.3 is 0 Å². The number of hydrogen-bond donors (Lipinski definition) is 0. The smallest absolute Gasteiger partial charge is 0.287 e. The SMILES string of the molecule is C[C@@]1(c2ccccc2)CC2C(=O)C=CC1N2c1ccc([N+](=O)[O-])cn1. The number of carbonyl (C=O) groups excluding carboxylic acids is 1. The number of rotatable bonds is 3. The zero-order valence-electron chi connectivity index (χ0n) is 13.7. The fraction of sp³-hybridized carbons (Fsp3) is 0.263. The third-order valence-electron chi connectivity index (χ3n) is 5.32. The second kappa shape index (κ2) is 5.51. The van der Waals surface area contributed by atoms with Crippen molar-refractivity contribution in [1.82, 2.24) is 4.98 Å². The van der Waals surface area contributed by atoms with E-state index in [1.165, 1.54) is 17.8 Å². The normalized spacial score (nSPS) is 27.6. The van der Waals surface area contributed by atoms with Crippen molar-refractivity contribution in [2.45, 2.75) is 30.8 Å². The van der Waals surface area contributed by atoms with E-state index in [0.717, 1.165) is 0 Å². The Balaban J connectivity index is 1.77. The van der Waals surface area contributed by atoms with Gasteiger partial charge in [-0.1, -0.05) is 43.3 Å². The van der Waals surface area contributed by atoms with Crippen LogP contribution in [0, 0.1) is 10.1 Å². The molecule has 0 spiro atoms. The van der Waals surface area contributed by atoms with Crippen molar-refractivity contribution < 1.29 is 9.72 Å². The summed E-state index contributed by atoms with van der Waals surface area (Å²) in [6.45, 7) is 2.16. The summed E-state index contributed by atoms with van der Waals surface area (Å²) < 4.78 is 0. The van der Waals surface area contributed by atoms with Gasteiger partial charge in [-0.05, 0) is 24.1 Å². The fourth-order valence-electron chi connectivity index (χ4n) is 4.01. The third-order valence-corrected chi connectivity index (χ3v) is 5.32. The van der Waals surface area contributed by atoms with Gasteiger partial charge in [-0.15, -0.1) is 0 Å². The first kappa shape index (κ1) is 15.5. The summed E-state index contributed by atoms with van der Waals surface area (Å²) in [5.41, 5.74) is 0.896. The van der Waals surface area contributed by atoms with E-state index in [1.54, 1.807) is 12.1 Å². The zero-order valence-corrected chi connectivity index (χ0v) is 13.7. The summed E-state index contributed by atoms with van der Waals surface area (Å²) in [6, 6.07) is 12.9. The van der Waals surface area contributed by atoms with Crippen molar-refractivity contribution in [3.05, 3.63) is 76.5 Å². The molecule has 1 aromatic carbocycles. The van der Waals surface area contributed by atoms with E-state index >= 15 is 0 Å². The molecule has 6 heteroatoms. The molecule has 3 heterocycles. The predicted octanol–water partition coefficient (Wildman–Crippen LogP) is 3.03. The van der Waals surface area contributed by atoms with Gasteiger partial charge in [-0.3, -0.25) is 14.9 Å². The first-order chi connectivity index (χ1) is 12.0. The van der Waals surface area contributed by atoms with E-state index in [1.807, 2.05) is 29.2 Å². The largest absolute Gasteiger partial charge is 0.339 e. The molecule has 2 aromatic rings. The van der Waals surface area contributed by atoms with E-state index in [2.05, 4.69) is 24.0 Å². The maximum Gasteiger partial charge on any atom is 0.287 e. The highest BCUT2D eigenvalue weighted by Gasteiger charge is 2.53. The molecule has 2 bridgehead atoms. The summed E-state index contributed by atoms with van der Waals surface area (Å²) in [6.07, 6.45) is 5.52. The van der Waals surface area contributed by atoms with Gasteiger partial charge in [-0.2, -0.15) is 0 Å². The van der Waals surface area contributed by atoms with E-state index in [0.29, 0.717) is 12.2 Å². The number of carbonyl (C=O) groups is 1. The summed E-state index contributed by atoms with van der Waals surface area (Å²) in [4.78, 5) is 29.1. The van der Waals surface area contributed by atoms with Crippen molar-refractivity contribution in [3.63, 3.8) is 0 Å². The van der Waals surface area contributed by atoms with E-state index in [9.17, 15) is 14.9 Å². The third kappa shape index (κ3) is 2.33. The first-order valence-corrected chi connectivity index (χ1v) is 8.17. The number of pyridine rings is 1. The number of nitro groups is 1. The minimum Gasteiger partial charge on any atom is -0.339 e. The average Bonchev–Trinajstić information content (AvgIpc) is 2.87. The Morgan fingerprint density at radius 2 is 2.00 bits per heavy atom. The maximum absolute atomic E-state index is 12.5.